The monoisotopic (exact) mass is 318 g/mol. The van der Waals surface area contributed by atoms with Gasteiger partial charge in [0, 0.05) is 18.1 Å². The smallest absolute Gasteiger partial charge is 0.258 e. The van der Waals surface area contributed by atoms with Crippen molar-refractivity contribution in [2.45, 2.75) is 13.8 Å². The molecule has 3 rings (SSSR count). The van der Waals surface area contributed by atoms with Gasteiger partial charge in [-0.2, -0.15) is 0 Å². The molecular formula is C19H18N4O. The molecule has 5 nitrogen and oxygen atoms in total. The second kappa shape index (κ2) is 6.91. The normalized spacial score (nSPS) is 10.2. The summed E-state index contributed by atoms with van der Waals surface area (Å²) in [4.78, 5) is 20.3. The fourth-order valence-corrected chi connectivity index (χ4v) is 2.34. The van der Waals surface area contributed by atoms with E-state index >= 15 is 0 Å². The number of hydrogen-bond donors (Lipinski definition) is 2. The van der Waals surface area contributed by atoms with Crippen molar-refractivity contribution in [3.63, 3.8) is 0 Å². The van der Waals surface area contributed by atoms with Crippen LogP contribution in [-0.4, -0.2) is 15.9 Å². The first-order valence-corrected chi connectivity index (χ1v) is 7.63. The Morgan fingerprint density at radius 2 is 1.92 bits per heavy atom. The molecule has 24 heavy (non-hydrogen) atoms. The molecule has 0 saturated heterocycles. The lowest BCUT2D eigenvalue weighted by atomic mass is 10.1. The topological polar surface area (TPSA) is 66.9 Å². The van der Waals surface area contributed by atoms with Gasteiger partial charge in [0.2, 0.25) is 0 Å². The van der Waals surface area contributed by atoms with Crippen LogP contribution in [-0.2, 0) is 0 Å². The molecule has 2 aromatic heterocycles. The molecule has 0 radical (unpaired) electrons. The van der Waals surface area contributed by atoms with E-state index in [1.165, 1.54) is 17.3 Å². The zero-order valence-corrected chi connectivity index (χ0v) is 13.6. The Hall–Kier alpha value is -3.21. The number of nitrogens with zero attached hydrogens (tertiary/aromatic N) is 2. The molecule has 1 amide bonds. The number of aryl methyl sites for hydroxylation is 2. The molecule has 0 atom stereocenters. The summed E-state index contributed by atoms with van der Waals surface area (Å²) >= 11 is 0. The van der Waals surface area contributed by atoms with E-state index < -0.39 is 0 Å². The van der Waals surface area contributed by atoms with E-state index in [0.29, 0.717) is 11.4 Å². The lowest BCUT2D eigenvalue weighted by Crippen LogP contribution is -2.13. The fourth-order valence-electron chi connectivity index (χ4n) is 2.34. The zero-order chi connectivity index (χ0) is 16.9. The van der Waals surface area contributed by atoms with Crippen LogP contribution in [0.25, 0.3) is 0 Å². The van der Waals surface area contributed by atoms with Crippen molar-refractivity contribution in [3.8, 4) is 0 Å². The van der Waals surface area contributed by atoms with Crippen molar-refractivity contribution in [1.82, 2.24) is 9.97 Å². The first-order chi connectivity index (χ1) is 11.6. The Bertz CT molecular complexity index is 845. The molecule has 0 aliphatic heterocycles. The number of carbonyl (C=O) groups excluding carboxylic acids is 1. The lowest BCUT2D eigenvalue weighted by Gasteiger charge is -2.11. The minimum Gasteiger partial charge on any atom is -0.354 e. The summed E-state index contributed by atoms with van der Waals surface area (Å²) in [7, 11) is 0. The van der Waals surface area contributed by atoms with Crippen molar-refractivity contribution in [3.05, 3.63) is 77.7 Å². The summed E-state index contributed by atoms with van der Waals surface area (Å²) < 4.78 is 0. The van der Waals surface area contributed by atoms with Crippen molar-refractivity contribution >= 4 is 23.1 Å². The molecule has 2 N–H and O–H groups in total. The van der Waals surface area contributed by atoms with Crippen molar-refractivity contribution in [2.24, 2.45) is 0 Å². The molecule has 0 saturated carbocycles. The van der Waals surface area contributed by atoms with Gasteiger partial charge in [0.25, 0.3) is 5.91 Å². The largest absolute Gasteiger partial charge is 0.354 e. The van der Waals surface area contributed by atoms with Crippen LogP contribution in [0.4, 0.5) is 17.2 Å². The van der Waals surface area contributed by atoms with Crippen LogP contribution in [0, 0.1) is 13.8 Å². The molecule has 0 bridgehead atoms. The molecule has 0 unspecified atom stereocenters. The Morgan fingerprint density at radius 3 is 2.58 bits per heavy atom. The molecule has 3 aromatic rings. The van der Waals surface area contributed by atoms with Crippen LogP contribution in [0.5, 0.6) is 0 Å². The van der Waals surface area contributed by atoms with Crippen LogP contribution in [0.2, 0.25) is 0 Å². The van der Waals surface area contributed by atoms with E-state index in [-0.39, 0.29) is 5.91 Å². The number of anilines is 3. The van der Waals surface area contributed by atoms with Crippen molar-refractivity contribution in [2.75, 3.05) is 10.6 Å². The number of benzene rings is 1. The van der Waals surface area contributed by atoms with Crippen LogP contribution >= 0.6 is 0 Å². The van der Waals surface area contributed by atoms with E-state index in [0.717, 1.165) is 11.4 Å². The van der Waals surface area contributed by atoms with E-state index in [1.807, 2.05) is 12.1 Å². The van der Waals surface area contributed by atoms with Gasteiger partial charge < -0.3 is 10.6 Å². The summed E-state index contributed by atoms with van der Waals surface area (Å²) in [5.74, 6) is 0.265. The first-order valence-electron chi connectivity index (χ1n) is 7.63. The van der Waals surface area contributed by atoms with Gasteiger partial charge >= 0.3 is 0 Å². The Morgan fingerprint density at radius 1 is 1.04 bits per heavy atom. The Balaban J connectivity index is 1.68. The summed E-state index contributed by atoms with van der Waals surface area (Å²) in [6.45, 7) is 4.13. The van der Waals surface area contributed by atoms with Gasteiger partial charge in [0.05, 0.1) is 17.4 Å². The molecule has 2 heterocycles. The number of carbonyl (C=O) groups is 1. The molecule has 0 spiro atoms. The molecule has 0 aliphatic carbocycles. The van der Waals surface area contributed by atoms with E-state index in [9.17, 15) is 4.79 Å². The fraction of sp³-hybridized carbons (Fsp3) is 0.105. The number of hydrogen-bond acceptors (Lipinski definition) is 4. The number of rotatable bonds is 4. The minimum atomic E-state index is -0.231. The van der Waals surface area contributed by atoms with Crippen LogP contribution in [0.3, 0.4) is 0 Å². The Kier molecular flexibility index (Phi) is 4.52. The van der Waals surface area contributed by atoms with Gasteiger partial charge in [-0.05, 0) is 49.7 Å². The average molecular weight is 318 g/mol. The van der Waals surface area contributed by atoms with Gasteiger partial charge in [-0.15, -0.1) is 0 Å². The predicted molar refractivity (Wildman–Crippen MR) is 95.6 cm³/mol. The van der Waals surface area contributed by atoms with E-state index in [1.54, 1.807) is 30.6 Å². The van der Waals surface area contributed by atoms with Gasteiger partial charge in [0.15, 0.2) is 0 Å². The molecule has 5 heteroatoms. The number of aromatic nitrogens is 2. The summed E-state index contributed by atoms with van der Waals surface area (Å²) in [5, 5.41) is 6.08. The van der Waals surface area contributed by atoms with Gasteiger partial charge in [-0.1, -0.05) is 17.7 Å². The SMILES string of the molecule is Cc1ccc(Nc2ccc(NC(=O)c3cccnc3)nc2)c(C)c1. The molecule has 1 aromatic carbocycles. The third kappa shape index (κ3) is 3.76. The van der Waals surface area contributed by atoms with Crippen LogP contribution in [0.15, 0.2) is 61.1 Å². The Labute approximate surface area is 140 Å². The standard InChI is InChI=1S/C19H18N4O/c1-13-5-7-17(14(2)10-13)22-16-6-8-18(21-12-16)23-19(24)15-4-3-9-20-11-15/h3-12,22H,1-2H3,(H,21,23,24). The summed E-state index contributed by atoms with van der Waals surface area (Å²) in [6.07, 6.45) is 4.84. The zero-order valence-electron chi connectivity index (χ0n) is 13.6. The number of nitrogens with one attached hydrogen (secondary N) is 2. The third-order valence-corrected chi connectivity index (χ3v) is 3.59. The van der Waals surface area contributed by atoms with E-state index in [4.69, 9.17) is 0 Å². The maximum absolute atomic E-state index is 12.1. The quantitative estimate of drug-likeness (QED) is 0.760. The minimum absolute atomic E-state index is 0.231. The van der Waals surface area contributed by atoms with Crippen molar-refractivity contribution < 1.29 is 4.79 Å². The average Bonchev–Trinajstić information content (AvgIpc) is 2.60. The third-order valence-electron chi connectivity index (χ3n) is 3.59. The highest BCUT2D eigenvalue weighted by Crippen LogP contribution is 2.21. The highest BCUT2D eigenvalue weighted by molar-refractivity contribution is 6.03. The second-order valence-electron chi connectivity index (χ2n) is 5.57. The van der Waals surface area contributed by atoms with E-state index in [2.05, 4.69) is 46.6 Å². The van der Waals surface area contributed by atoms with Gasteiger partial charge in [0.1, 0.15) is 5.82 Å². The first kappa shape index (κ1) is 15.7. The van der Waals surface area contributed by atoms with Crippen LogP contribution < -0.4 is 10.6 Å². The highest BCUT2D eigenvalue weighted by atomic mass is 16.1. The van der Waals surface area contributed by atoms with Crippen molar-refractivity contribution in [1.29, 1.82) is 0 Å². The molecular weight excluding hydrogens is 300 g/mol. The van der Waals surface area contributed by atoms with Crippen LogP contribution in [0.1, 0.15) is 21.5 Å². The number of pyridine rings is 2. The maximum atomic E-state index is 12.1. The highest BCUT2D eigenvalue weighted by Gasteiger charge is 2.06. The number of amides is 1. The van der Waals surface area contributed by atoms with Gasteiger partial charge in [-0.25, -0.2) is 4.98 Å². The molecule has 0 aliphatic rings. The molecule has 120 valence electrons. The second-order valence-corrected chi connectivity index (χ2v) is 5.57. The van der Waals surface area contributed by atoms with Gasteiger partial charge in [-0.3, -0.25) is 9.78 Å². The summed E-state index contributed by atoms with van der Waals surface area (Å²) in [5.41, 5.74) is 4.79. The molecule has 0 fully saturated rings. The summed E-state index contributed by atoms with van der Waals surface area (Å²) in [6, 6.07) is 13.3. The maximum Gasteiger partial charge on any atom is 0.258 e. The predicted octanol–water partition coefficient (Wildman–Crippen LogP) is 4.09. The lowest BCUT2D eigenvalue weighted by molar-refractivity contribution is 0.102.